The Morgan fingerprint density at radius 1 is 0.442 bits per heavy atom. The zero-order valence-corrected chi connectivity index (χ0v) is 47.1. The van der Waals surface area contributed by atoms with E-state index in [1.807, 2.05) is 36.5 Å². The first kappa shape index (κ1) is 69.6. The molecule has 0 spiro atoms. The highest BCUT2D eigenvalue weighted by Crippen LogP contribution is 2.26. The summed E-state index contributed by atoms with van der Waals surface area (Å²) in [5.41, 5.74) is 0. The summed E-state index contributed by atoms with van der Waals surface area (Å²) in [5, 5.41) is 31.4. The largest absolute Gasteiger partial charge is 0.479 e. The fourth-order valence-corrected chi connectivity index (χ4v) is 7.55. The highest BCUT2D eigenvalue weighted by molar-refractivity contribution is 5.74. The number of hydrogen-bond acceptors (Lipinski definition) is 11. The predicted molar refractivity (Wildman–Crippen MR) is 312 cm³/mol. The number of rotatable bonds is 46. The molecule has 1 fully saturated rings. The maximum absolute atomic E-state index is 13.1. The van der Waals surface area contributed by atoms with Crippen molar-refractivity contribution < 1.29 is 58.2 Å². The minimum Gasteiger partial charge on any atom is -0.479 e. The zero-order chi connectivity index (χ0) is 56.1. The van der Waals surface area contributed by atoms with Crippen LogP contribution in [-0.4, -0.2) is 89.2 Å². The van der Waals surface area contributed by atoms with Gasteiger partial charge in [-0.05, 0) is 116 Å². The van der Waals surface area contributed by atoms with Gasteiger partial charge < -0.3 is 39.0 Å². The van der Waals surface area contributed by atoms with Crippen LogP contribution in [-0.2, 0) is 42.9 Å². The molecule has 1 aliphatic heterocycles. The summed E-state index contributed by atoms with van der Waals surface area (Å²) in [4.78, 5) is 51.0. The molecule has 1 aliphatic rings. The van der Waals surface area contributed by atoms with Crippen LogP contribution in [0.15, 0.2) is 146 Å². The summed E-state index contributed by atoms with van der Waals surface area (Å²) in [7, 11) is 0. The van der Waals surface area contributed by atoms with E-state index in [-0.39, 0.29) is 25.9 Å². The van der Waals surface area contributed by atoms with E-state index in [4.69, 9.17) is 23.7 Å². The molecule has 0 aliphatic carbocycles. The highest BCUT2D eigenvalue weighted by atomic mass is 16.7. The Labute approximate surface area is 463 Å². The standard InChI is InChI=1S/C65H98O12/c1-4-7-10-13-16-19-22-25-27-28-29-30-32-35-38-41-44-47-50-53-59(68)76-63-61(70)60(69)62(64(71)72)77-65(63)74-55-56(75-58(67)52-49-46-43-40-37-33-24-21-18-15-12-9-6-3)54-73-57(66)51-48-45-42-39-36-34-31-26-23-20-17-14-11-8-5-2/h7,9-10,12,16-21,25-27,29-31,33,35,37-38,43-44,46-47,56,60-63,65,69-70H,4-6,8,11,13-15,22-24,28,32,34,36,39-42,45,48-55H2,1-3H3,(H,71,72)/b10-7-,12-9-,19-16-,20-17-,21-18-,27-25-,30-29-,31-26-,37-33-,38-35-,46-43-,47-44-. The molecule has 12 nitrogen and oxygen atoms in total. The van der Waals surface area contributed by atoms with Gasteiger partial charge in [-0.1, -0.05) is 199 Å². The van der Waals surface area contributed by atoms with E-state index < -0.39 is 67.3 Å². The molecule has 0 bridgehead atoms. The molecule has 12 heteroatoms. The zero-order valence-electron chi connectivity index (χ0n) is 47.1. The average Bonchev–Trinajstić information content (AvgIpc) is 3.42. The first-order valence-electron chi connectivity index (χ1n) is 28.8. The van der Waals surface area contributed by atoms with Gasteiger partial charge in [0.25, 0.3) is 0 Å². The Kier molecular flexibility index (Phi) is 46.4. The molecule has 0 aromatic rings. The number of carbonyl (C=O) groups is 4. The van der Waals surface area contributed by atoms with E-state index in [9.17, 15) is 34.5 Å². The van der Waals surface area contributed by atoms with Crippen molar-refractivity contribution in [3.8, 4) is 0 Å². The van der Waals surface area contributed by atoms with Crippen LogP contribution < -0.4 is 0 Å². The number of aliphatic hydroxyl groups is 2. The van der Waals surface area contributed by atoms with Crippen LogP contribution in [0.1, 0.15) is 188 Å². The minimum atomic E-state index is -1.95. The average molecular weight is 1070 g/mol. The number of allylic oxidation sites excluding steroid dienone is 24. The quantitative estimate of drug-likeness (QED) is 0.0228. The molecule has 0 amide bonds. The lowest BCUT2D eigenvalue weighted by Gasteiger charge is -2.40. The predicted octanol–water partition coefficient (Wildman–Crippen LogP) is 14.8. The highest BCUT2D eigenvalue weighted by Gasteiger charge is 2.50. The van der Waals surface area contributed by atoms with Crippen molar-refractivity contribution in [2.45, 2.75) is 225 Å². The molecule has 6 atom stereocenters. The number of carboxylic acid groups (broad SMARTS) is 1. The van der Waals surface area contributed by atoms with Crippen molar-refractivity contribution in [1.82, 2.24) is 0 Å². The lowest BCUT2D eigenvalue weighted by molar-refractivity contribution is -0.301. The van der Waals surface area contributed by atoms with Crippen LogP contribution in [0, 0.1) is 0 Å². The third kappa shape index (κ3) is 41.4. The SMILES string of the molecule is CC/C=C\C/C=C\C/C=C\C/C=C\C/C=C\C/C=C\CCC(=O)OC1C(OCC(COC(=O)CCCCCCC/C=C\C/C=C\CCCCC)OC(=O)CC/C=C\C/C=C\C/C=C\C/C=C\CC)OC(C(=O)O)C(O)C1O. The number of unbranched alkanes of at least 4 members (excludes halogenated alkanes) is 8. The van der Waals surface area contributed by atoms with Crippen molar-refractivity contribution in [1.29, 1.82) is 0 Å². The number of ether oxygens (including phenoxy) is 5. The van der Waals surface area contributed by atoms with Gasteiger partial charge in [0.15, 0.2) is 24.6 Å². The van der Waals surface area contributed by atoms with Gasteiger partial charge in [-0.15, -0.1) is 0 Å². The molecule has 1 rings (SSSR count). The second-order valence-corrected chi connectivity index (χ2v) is 18.8. The number of carboxylic acids is 1. The van der Waals surface area contributed by atoms with Crippen molar-refractivity contribution in [2.75, 3.05) is 13.2 Å². The Morgan fingerprint density at radius 3 is 1.30 bits per heavy atom. The normalized spacial score (nSPS) is 19.1. The summed E-state index contributed by atoms with van der Waals surface area (Å²) in [6.07, 6.45) is 61.3. The van der Waals surface area contributed by atoms with Crippen LogP contribution in [0.4, 0.5) is 0 Å². The Balaban J connectivity index is 2.79. The smallest absolute Gasteiger partial charge is 0.335 e. The number of carbonyl (C=O) groups excluding carboxylic acids is 3. The van der Waals surface area contributed by atoms with Gasteiger partial charge in [-0.2, -0.15) is 0 Å². The first-order valence-corrected chi connectivity index (χ1v) is 28.8. The van der Waals surface area contributed by atoms with Crippen LogP contribution in [0.5, 0.6) is 0 Å². The molecule has 6 unspecified atom stereocenters. The van der Waals surface area contributed by atoms with Gasteiger partial charge in [0.05, 0.1) is 6.61 Å². The van der Waals surface area contributed by atoms with Crippen molar-refractivity contribution in [2.24, 2.45) is 0 Å². The molecular formula is C65H98O12. The Bertz CT molecular complexity index is 1890. The van der Waals surface area contributed by atoms with Crippen LogP contribution in [0.25, 0.3) is 0 Å². The van der Waals surface area contributed by atoms with Gasteiger partial charge in [-0.3, -0.25) is 14.4 Å². The maximum Gasteiger partial charge on any atom is 0.335 e. The van der Waals surface area contributed by atoms with E-state index in [0.717, 1.165) is 96.3 Å². The van der Waals surface area contributed by atoms with Crippen LogP contribution in [0.3, 0.4) is 0 Å². The second kappa shape index (κ2) is 51.4. The number of hydrogen-bond donors (Lipinski definition) is 3. The van der Waals surface area contributed by atoms with E-state index in [0.29, 0.717) is 32.1 Å². The Morgan fingerprint density at radius 2 is 0.844 bits per heavy atom. The molecule has 1 saturated heterocycles. The summed E-state index contributed by atoms with van der Waals surface area (Å²) >= 11 is 0. The third-order valence-electron chi connectivity index (χ3n) is 11.9. The minimum absolute atomic E-state index is 0.0214. The van der Waals surface area contributed by atoms with E-state index in [1.165, 1.54) is 19.3 Å². The maximum atomic E-state index is 13.1. The van der Waals surface area contributed by atoms with Crippen molar-refractivity contribution in [3.63, 3.8) is 0 Å². The van der Waals surface area contributed by atoms with Gasteiger partial charge >= 0.3 is 23.9 Å². The third-order valence-corrected chi connectivity index (χ3v) is 11.9. The first-order chi connectivity index (χ1) is 37.6. The molecule has 1 heterocycles. The topological polar surface area (TPSA) is 175 Å². The van der Waals surface area contributed by atoms with Gasteiger partial charge in [0.2, 0.25) is 0 Å². The Hall–Kier alpha value is -5.40. The molecule has 77 heavy (non-hydrogen) atoms. The summed E-state index contributed by atoms with van der Waals surface area (Å²) < 4.78 is 28.2. The van der Waals surface area contributed by atoms with E-state index in [1.54, 1.807) is 0 Å². The molecule has 3 N–H and O–H groups in total. The fraction of sp³-hybridized carbons (Fsp3) is 0.569. The second-order valence-electron chi connectivity index (χ2n) is 18.8. The summed E-state index contributed by atoms with van der Waals surface area (Å²) in [6, 6.07) is 0. The molecule has 0 aromatic heterocycles. The summed E-state index contributed by atoms with van der Waals surface area (Å²) in [6.45, 7) is 5.60. The van der Waals surface area contributed by atoms with Gasteiger partial charge in [0, 0.05) is 19.3 Å². The lowest BCUT2D eigenvalue weighted by Crippen LogP contribution is -2.61. The summed E-state index contributed by atoms with van der Waals surface area (Å²) in [5.74, 6) is -3.39. The van der Waals surface area contributed by atoms with Gasteiger partial charge in [0.1, 0.15) is 18.8 Å². The molecule has 430 valence electrons. The van der Waals surface area contributed by atoms with E-state index >= 15 is 0 Å². The van der Waals surface area contributed by atoms with Crippen LogP contribution in [0.2, 0.25) is 0 Å². The van der Waals surface area contributed by atoms with Crippen LogP contribution >= 0.6 is 0 Å². The molecule has 0 radical (unpaired) electrons. The molecular weight excluding hydrogens is 973 g/mol. The van der Waals surface area contributed by atoms with Crippen molar-refractivity contribution >= 4 is 23.9 Å². The number of aliphatic hydroxyl groups excluding tert-OH is 2. The number of aliphatic carboxylic acids is 1. The number of esters is 3. The fourth-order valence-electron chi connectivity index (χ4n) is 7.55. The van der Waals surface area contributed by atoms with E-state index in [2.05, 4.69) is 130 Å². The lowest BCUT2D eigenvalue weighted by atomic mass is 9.98. The monoisotopic (exact) mass is 1070 g/mol. The van der Waals surface area contributed by atoms with Crippen molar-refractivity contribution in [3.05, 3.63) is 146 Å². The van der Waals surface area contributed by atoms with Gasteiger partial charge in [-0.25, -0.2) is 4.79 Å². The molecule has 0 saturated carbocycles. The molecule has 0 aromatic carbocycles.